The number of methoxy groups -OCH3 is 1. The average molecular weight is 734 g/mol. The topological polar surface area (TPSA) is 81.0 Å². The third kappa shape index (κ3) is 5.81. The molecule has 2 aromatic carbocycles. The highest BCUT2D eigenvalue weighted by Crippen LogP contribution is 2.31. The van der Waals surface area contributed by atoms with Gasteiger partial charge in [-0.25, -0.2) is 9.18 Å². The van der Waals surface area contributed by atoms with Gasteiger partial charge in [-0.15, -0.1) is 0 Å². The first-order valence-electron chi connectivity index (χ1n) is 12.1. The summed E-state index contributed by atoms with van der Waals surface area (Å²) < 4.78 is 28.3. The first kappa shape index (κ1) is 28.2. The van der Waals surface area contributed by atoms with E-state index in [2.05, 4.69) is 27.5 Å². The van der Waals surface area contributed by atoms with Crippen LogP contribution in [0.25, 0.3) is 10.9 Å². The van der Waals surface area contributed by atoms with E-state index in [-0.39, 0.29) is 28.0 Å². The average Bonchev–Trinajstić information content (AvgIpc) is 2.90. The molecule has 4 rings (SSSR count). The summed E-state index contributed by atoms with van der Waals surface area (Å²) in [6.07, 6.45) is 2.13. The molecule has 0 radical (unpaired) electrons. The molecule has 1 aromatic heterocycles. The molecule has 0 saturated carbocycles. The van der Waals surface area contributed by atoms with Gasteiger partial charge in [0.1, 0.15) is 15.4 Å². The Kier molecular flexibility index (Phi) is 9.13. The second-order valence-corrected chi connectivity index (χ2v) is 11.5. The quantitative estimate of drug-likeness (QED) is 0.247. The molecule has 0 spiro atoms. The highest BCUT2D eigenvalue weighted by atomic mass is 127. The summed E-state index contributed by atoms with van der Waals surface area (Å²) >= 11 is 4.22. The van der Waals surface area contributed by atoms with Crippen LogP contribution in [0.4, 0.5) is 10.1 Å². The van der Waals surface area contributed by atoms with Gasteiger partial charge in [-0.05, 0) is 76.9 Å². The number of fused-ring (bicyclic) bond motifs is 1. The van der Waals surface area contributed by atoms with Crippen LogP contribution in [0.2, 0.25) is 0 Å². The highest BCUT2D eigenvalue weighted by Gasteiger charge is 2.23. The van der Waals surface area contributed by atoms with Crippen LogP contribution >= 0.6 is 45.2 Å². The highest BCUT2D eigenvalue weighted by molar-refractivity contribution is 14.1. The third-order valence-electron chi connectivity index (χ3n) is 6.84. The molecular formula is C27H29FI2N2O5. The number of alkyl halides is 1. The summed E-state index contributed by atoms with van der Waals surface area (Å²) in [7, 11) is 1.59. The maximum absolute atomic E-state index is 15.3. The van der Waals surface area contributed by atoms with E-state index < -0.39 is 11.4 Å². The number of rotatable bonds is 8. The number of pyridine rings is 1. The van der Waals surface area contributed by atoms with Gasteiger partial charge in [0.15, 0.2) is 0 Å². The Hall–Kier alpha value is -1.77. The van der Waals surface area contributed by atoms with Crippen LogP contribution in [-0.4, -0.2) is 55.2 Å². The summed E-state index contributed by atoms with van der Waals surface area (Å²) in [5.74, 6) is -1.56. The molecule has 1 saturated heterocycles. The zero-order valence-corrected chi connectivity index (χ0v) is 25.2. The van der Waals surface area contributed by atoms with Crippen molar-refractivity contribution in [2.75, 3.05) is 38.3 Å². The number of halogens is 3. The summed E-state index contributed by atoms with van der Waals surface area (Å²) in [5, 5.41) is 10.0. The number of nitrogens with zero attached hydrogens (tertiary/aromatic N) is 2. The van der Waals surface area contributed by atoms with Crippen molar-refractivity contribution in [2.45, 2.75) is 36.8 Å². The van der Waals surface area contributed by atoms with Crippen molar-refractivity contribution in [3.63, 3.8) is 0 Å². The van der Waals surface area contributed by atoms with Gasteiger partial charge in [-0.3, -0.25) is 4.79 Å². The Bertz CT molecular complexity index is 1390. The number of anilines is 1. The van der Waals surface area contributed by atoms with Gasteiger partial charge in [0.05, 0.1) is 28.4 Å². The van der Waals surface area contributed by atoms with E-state index in [4.69, 9.17) is 9.47 Å². The molecule has 3 aromatic rings. The summed E-state index contributed by atoms with van der Waals surface area (Å²) in [6, 6.07) is 7.40. The fourth-order valence-electron chi connectivity index (χ4n) is 4.64. The monoisotopic (exact) mass is 734 g/mol. The lowest BCUT2D eigenvalue weighted by Gasteiger charge is -2.29. The molecule has 0 amide bonds. The number of morpholine rings is 1. The van der Waals surface area contributed by atoms with Crippen molar-refractivity contribution < 1.29 is 23.8 Å². The lowest BCUT2D eigenvalue weighted by molar-refractivity contribution is 0.0693. The number of carbonyl (C=O) groups is 1. The molecule has 2 heterocycles. The molecule has 1 fully saturated rings. The first-order chi connectivity index (χ1) is 17.7. The van der Waals surface area contributed by atoms with Gasteiger partial charge in [-0.2, -0.15) is 0 Å². The van der Waals surface area contributed by atoms with Crippen molar-refractivity contribution in [1.29, 1.82) is 0 Å². The van der Waals surface area contributed by atoms with Crippen molar-refractivity contribution >= 4 is 67.7 Å². The molecule has 2 atom stereocenters. The van der Waals surface area contributed by atoms with Crippen LogP contribution in [0.15, 0.2) is 35.3 Å². The maximum atomic E-state index is 15.3. The van der Waals surface area contributed by atoms with Gasteiger partial charge >= 0.3 is 5.97 Å². The minimum absolute atomic E-state index is 0.225. The second kappa shape index (κ2) is 12.0. The number of ether oxygens (including phenoxy) is 2. The number of aromatic nitrogens is 1. The number of aromatic carboxylic acids is 1. The fraction of sp³-hybridized carbons (Fsp3) is 0.407. The zero-order valence-electron chi connectivity index (χ0n) is 20.9. The standard InChI is InChI=1S/C27H29FI2N2O5/c1-4-16-12-23-20(25(33)21(27(34)35)14-32(23)26(30)15(2)36-3)11-17(16)9-18-10-19(13-22(29)24(18)28)31-5-7-37-8-6-31/h10-15,26H,4-9H2,1-3H3,(H,34,35)/t15-,26-/m0/s1. The van der Waals surface area contributed by atoms with Crippen LogP contribution in [0, 0.1) is 9.39 Å². The summed E-state index contributed by atoms with van der Waals surface area (Å²) in [5.41, 5.74) is 3.05. The number of carboxylic acid groups (broad SMARTS) is 1. The number of benzene rings is 2. The van der Waals surface area contributed by atoms with Crippen LogP contribution in [0.3, 0.4) is 0 Å². The van der Waals surface area contributed by atoms with E-state index in [1.165, 1.54) is 6.20 Å². The first-order valence-corrected chi connectivity index (χ1v) is 14.4. The molecule has 0 aliphatic carbocycles. The zero-order chi connectivity index (χ0) is 26.9. The van der Waals surface area contributed by atoms with Crippen molar-refractivity contribution in [2.24, 2.45) is 0 Å². The van der Waals surface area contributed by atoms with Crippen molar-refractivity contribution in [1.82, 2.24) is 4.57 Å². The predicted octanol–water partition coefficient (Wildman–Crippen LogP) is 5.40. The van der Waals surface area contributed by atoms with Gasteiger partial charge in [0.25, 0.3) is 0 Å². The summed E-state index contributed by atoms with van der Waals surface area (Å²) in [4.78, 5) is 27.4. The largest absolute Gasteiger partial charge is 0.477 e. The Balaban J connectivity index is 1.88. The number of hydrogen-bond donors (Lipinski definition) is 1. The van der Waals surface area contributed by atoms with E-state index in [0.717, 1.165) is 29.9 Å². The van der Waals surface area contributed by atoms with Gasteiger partial charge in [-0.1, -0.05) is 29.5 Å². The van der Waals surface area contributed by atoms with Crippen LogP contribution in [0.5, 0.6) is 0 Å². The molecule has 198 valence electrons. The Labute approximate surface area is 242 Å². The second-order valence-electron chi connectivity index (χ2n) is 9.07. The Morgan fingerprint density at radius 1 is 1.19 bits per heavy atom. The third-order valence-corrected chi connectivity index (χ3v) is 9.23. The molecule has 1 N–H and O–H groups in total. The number of carboxylic acids is 1. The van der Waals surface area contributed by atoms with Gasteiger partial charge in [0.2, 0.25) is 5.43 Å². The number of hydrogen-bond acceptors (Lipinski definition) is 5. The van der Waals surface area contributed by atoms with Crippen molar-refractivity contribution in [3.8, 4) is 0 Å². The molecule has 0 bridgehead atoms. The smallest absolute Gasteiger partial charge is 0.341 e. The van der Waals surface area contributed by atoms with Gasteiger partial charge < -0.3 is 24.0 Å². The van der Waals surface area contributed by atoms with Crippen LogP contribution < -0.4 is 10.3 Å². The molecule has 7 nitrogen and oxygen atoms in total. The van der Waals surface area contributed by atoms with E-state index >= 15 is 4.39 Å². The lowest BCUT2D eigenvalue weighted by atomic mass is 9.94. The normalized spacial score (nSPS) is 15.7. The minimum atomic E-state index is -1.28. The summed E-state index contributed by atoms with van der Waals surface area (Å²) in [6.45, 7) is 6.65. The Morgan fingerprint density at radius 2 is 1.89 bits per heavy atom. The maximum Gasteiger partial charge on any atom is 0.341 e. The fourth-order valence-corrected chi connectivity index (χ4v) is 6.06. The Morgan fingerprint density at radius 3 is 2.51 bits per heavy atom. The molecule has 37 heavy (non-hydrogen) atoms. The predicted molar refractivity (Wildman–Crippen MR) is 159 cm³/mol. The van der Waals surface area contributed by atoms with E-state index in [1.807, 2.05) is 54.6 Å². The molecule has 1 aliphatic rings. The SMILES string of the molecule is CCc1cc2c(cc1Cc1cc(N3CCOCC3)cc(I)c1F)c(=O)c(C(=O)O)cn2[C@H](I)[C@H](C)OC. The molecular weight excluding hydrogens is 705 g/mol. The van der Waals surface area contributed by atoms with Gasteiger partial charge in [0, 0.05) is 43.9 Å². The van der Waals surface area contributed by atoms with E-state index in [0.29, 0.717) is 39.7 Å². The van der Waals surface area contributed by atoms with E-state index in [9.17, 15) is 14.7 Å². The minimum Gasteiger partial charge on any atom is -0.477 e. The molecule has 1 aliphatic heterocycles. The van der Waals surface area contributed by atoms with Crippen LogP contribution in [-0.2, 0) is 22.3 Å². The van der Waals surface area contributed by atoms with Crippen molar-refractivity contribution in [3.05, 3.63) is 72.3 Å². The lowest BCUT2D eigenvalue weighted by Crippen LogP contribution is -2.36. The molecule has 10 heteroatoms. The van der Waals surface area contributed by atoms with E-state index in [1.54, 1.807) is 17.7 Å². The van der Waals surface area contributed by atoms with Crippen LogP contribution in [0.1, 0.15) is 44.9 Å². The number of aryl methyl sites for hydroxylation is 1. The molecule has 0 unspecified atom stereocenters.